The smallest absolute Gasteiger partial charge is 0.324 e. The van der Waals surface area contributed by atoms with Crippen molar-refractivity contribution in [2.45, 2.75) is 6.42 Å². The predicted octanol–water partition coefficient (Wildman–Crippen LogP) is 2.80. The molecule has 4 rings (SSSR count). The van der Waals surface area contributed by atoms with Gasteiger partial charge in [0.05, 0.1) is 7.11 Å². The summed E-state index contributed by atoms with van der Waals surface area (Å²) in [5.74, 6) is 1.07. The van der Waals surface area contributed by atoms with Crippen molar-refractivity contribution in [1.82, 2.24) is 24.6 Å². The van der Waals surface area contributed by atoms with Crippen molar-refractivity contribution in [2.75, 3.05) is 23.5 Å². The lowest BCUT2D eigenvalue weighted by Crippen LogP contribution is -2.20. The van der Waals surface area contributed by atoms with Crippen LogP contribution in [0.1, 0.15) is 5.56 Å². The summed E-state index contributed by atoms with van der Waals surface area (Å²) in [5.41, 5.74) is 10.3. The van der Waals surface area contributed by atoms with E-state index >= 15 is 0 Å². The molecule has 0 aliphatic heterocycles. The molecule has 10 heteroatoms. The summed E-state index contributed by atoms with van der Waals surface area (Å²) in [6.45, 7) is 3.99. The Hall–Kier alpha value is -4.21. The molecule has 0 aliphatic carbocycles. The van der Waals surface area contributed by atoms with Crippen LogP contribution in [0.25, 0.3) is 16.6 Å². The zero-order chi connectivity index (χ0) is 21.1. The quantitative estimate of drug-likeness (QED) is 0.467. The minimum Gasteiger partial charge on any atom is -0.481 e. The molecule has 30 heavy (non-hydrogen) atoms. The zero-order valence-corrected chi connectivity index (χ0v) is 16.2. The number of rotatable bonds is 5. The highest BCUT2D eigenvalue weighted by atomic mass is 16.5. The topological polar surface area (TPSA) is 132 Å². The van der Waals surface area contributed by atoms with Crippen LogP contribution < -0.4 is 21.1 Å². The second-order valence-corrected chi connectivity index (χ2v) is 6.32. The molecule has 3 aromatic heterocycles. The first-order chi connectivity index (χ1) is 14.6. The van der Waals surface area contributed by atoms with Gasteiger partial charge in [-0.05, 0) is 36.6 Å². The van der Waals surface area contributed by atoms with E-state index in [-0.39, 0.29) is 0 Å². The van der Waals surface area contributed by atoms with Crippen molar-refractivity contribution >= 4 is 28.9 Å². The Morgan fingerprint density at radius 2 is 1.97 bits per heavy atom. The highest BCUT2D eigenvalue weighted by molar-refractivity contribution is 5.99. The number of anilines is 3. The van der Waals surface area contributed by atoms with E-state index < -0.39 is 6.03 Å². The van der Waals surface area contributed by atoms with Gasteiger partial charge in [0, 0.05) is 23.5 Å². The Labute approximate surface area is 172 Å². The second-order valence-electron chi connectivity index (χ2n) is 6.32. The lowest BCUT2D eigenvalue weighted by molar-refractivity contribution is 0.262. The van der Waals surface area contributed by atoms with E-state index in [4.69, 9.17) is 10.5 Å². The van der Waals surface area contributed by atoms with Gasteiger partial charge in [-0.15, -0.1) is 0 Å². The third-order valence-electron chi connectivity index (χ3n) is 4.47. The van der Waals surface area contributed by atoms with E-state index in [2.05, 4.69) is 37.6 Å². The normalized spacial score (nSPS) is 10.7. The van der Waals surface area contributed by atoms with Crippen molar-refractivity contribution in [3.63, 3.8) is 0 Å². The number of carbonyl (C=O) groups is 1. The number of urea groups is 1. The number of nitrogens with zero attached hydrogens (tertiary/aromatic N) is 5. The highest BCUT2D eigenvalue weighted by Crippen LogP contribution is 2.33. The van der Waals surface area contributed by atoms with E-state index in [1.165, 1.54) is 25.8 Å². The van der Waals surface area contributed by atoms with E-state index in [0.717, 1.165) is 22.2 Å². The molecular formula is C20H19N8O2. The van der Waals surface area contributed by atoms with Crippen LogP contribution >= 0.6 is 0 Å². The Balaban J connectivity index is 1.55. The number of nitrogen functional groups attached to an aromatic ring is 1. The molecule has 4 N–H and O–H groups in total. The monoisotopic (exact) mass is 403 g/mol. The summed E-state index contributed by atoms with van der Waals surface area (Å²) < 4.78 is 6.72. The summed E-state index contributed by atoms with van der Waals surface area (Å²) in [7, 11) is 1.49. The number of carbonyl (C=O) groups excluding carboxylic acids is 1. The number of nitrogens with one attached hydrogen (secondary N) is 2. The minimum atomic E-state index is -0.436. The molecule has 0 saturated heterocycles. The van der Waals surface area contributed by atoms with Crippen molar-refractivity contribution in [3.8, 4) is 17.0 Å². The van der Waals surface area contributed by atoms with Gasteiger partial charge in [-0.2, -0.15) is 5.10 Å². The van der Waals surface area contributed by atoms with Gasteiger partial charge in [-0.3, -0.25) is 5.32 Å². The Morgan fingerprint density at radius 1 is 1.17 bits per heavy atom. The molecule has 0 aliphatic rings. The maximum absolute atomic E-state index is 12.2. The minimum absolute atomic E-state index is 0.326. The molecule has 4 aromatic rings. The Morgan fingerprint density at radius 3 is 2.70 bits per heavy atom. The van der Waals surface area contributed by atoms with E-state index in [1.54, 1.807) is 16.6 Å². The molecule has 2 amide bonds. The third-order valence-corrected chi connectivity index (χ3v) is 4.47. The second kappa shape index (κ2) is 8.03. The van der Waals surface area contributed by atoms with Gasteiger partial charge in [0.1, 0.15) is 24.0 Å². The maximum Gasteiger partial charge on any atom is 0.324 e. The standard InChI is InChI=1S/C20H19N8O2/c1-3-12-9-28-18(19(21)24-11-25-28)17(12)13-4-6-14(7-5-13)26-20(29)27-15-8-16(30-2)23-10-22-15/h4-11H,1,3H2,2H3,(H2,21,24,25)(H2,22,23,26,27,29). The van der Waals surface area contributed by atoms with Gasteiger partial charge >= 0.3 is 6.03 Å². The highest BCUT2D eigenvalue weighted by Gasteiger charge is 2.15. The fourth-order valence-electron chi connectivity index (χ4n) is 3.11. The molecule has 0 unspecified atom stereocenters. The van der Waals surface area contributed by atoms with Crippen LogP contribution in [0, 0.1) is 6.92 Å². The number of nitrogens with two attached hydrogens (primary N) is 1. The molecule has 10 nitrogen and oxygen atoms in total. The first kappa shape index (κ1) is 19.1. The molecule has 1 radical (unpaired) electrons. The molecule has 0 bridgehead atoms. The number of hydrogen-bond acceptors (Lipinski definition) is 7. The summed E-state index contributed by atoms with van der Waals surface area (Å²) >= 11 is 0. The van der Waals surface area contributed by atoms with Gasteiger partial charge < -0.3 is 15.8 Å². The number of methoxy groups -OCH3 is 1. The number of aromatic nitrogens is 5. The number of benzene rings is 1. The number of hydrogen-bond donors (Lipinski definition) is 3. The largest absolute Gasteiger partial charge is 0.481 e. The SMILES string of the molecule is [CH2]Cc1cn2ncnc(N)c2c1-c1ccc(NC(=O)Nc2cc(OC)ncn2)cc1. The first-order valence-electron chi connectivity index (χ1n) is 9.03. The van der Waals surface area contributed by atoms with Crippen LogP contribution in [0.2, 0.25) is 0 Å². The van der Waals surface area contributed by atoms with Crippen molar-refractivity contribution in [1.29, 1.82) is 0 Å². The van der Waals surface area contributed by atoms with Crippen molar-refractivity contribution in [3.05, 3.63) is 61.7 Å². The number of amides is 2. The molecule has 0 saturated carbocycles. The van der Waals surface area contributed by atoms with E-state index in [1.807, 2.05) is 18.3 Å². The van der Waals surface area contributed by atoms with E-state index in [0.29, 0.717) is 29.6 Å². The van der Waals surface area contributed by atoms with Crippen LogP contribution in [0.5, 0.6) is 5.88 Å². The molecule has 151 valence electrons. The van der Waals surface area contributed by atoms with Crippen LogP contribution in [0.4, 0.5) is 22.1 Å². The number of ether oxygens (including phenoxy) is 1. The van der Waals surface area contributed by atoms with Gasteiger partial charge in [-0.25, -0.2) is 24.3 Å². The van der Waals surface area contributed by atoms with Gasteiger partial charge in [0.2, 0.25) is 5.88 Å². The van der Waals surface area contributed by atoms with Crippen LogP contribution in [-0.2, 0) is 6.42 Å². The van der Waals surface area contributed by atoms with Crippen molar-refractivity contribution < 1.29 is 9.53 Å². The molecule has 1 aromatic carbocycles. The van der Waals surface area contributed by atoms with Crippen molar-refractivity contribution in [2.24, 2.45) is 0 Å². The van der Waals surface area contributed by atoms with E-state index in [9.17, 15) is 4.79 Å². The van der Waals surface area contributed by atoms with Gasteiger partial charge in [0.25, 0.3) is 0 Å². The Kier molecular flexibility index (Phi) is 5.12. The number of fused-ring (bicyclic) bond motifs is 1. The molecular weight excluding hydrogens is 384 g/mol. The van der Waals surface area contributed by atoms with Gasteiger partial charge in [0.15, 0.2) is 5.82 Å². The average Bonchev–Trinajstić information content (AvgIpc) is 3.14. The molecule has 0 atom stereocenters. The molecule has 0 spiro atoms. The molecule has 3 heterocycles. The van der Waals surface area contributed by atoms with Crippen LogP contribution in [-0.4, -0.2) is 37.7 Å². The third kappa shape index (κ3) is 3.70. The lowest BCUT2D eigenvalue weighted by Gasteiger charge is -2.09. The van der Waals surface area contributed by atoms with Gasteiger partial charge in [-0.1, -0.05) is 12.1 Å². The summed E-state index contributed by atoms with van der Waals surface area (Å²) in [6, 6.07) is 8.47. The average molecular weight is 403 g/mol. The van der Waals surface area contributed by atoms with Crippen LogP contribution in [0.3, 0.4) is 0 Å². The lowest BCUT2D eigenvalue weighted by atomic mass is 10.0. The molecule has 0 fully saturated rings. The van der Waals surface area contributed by atoms with Crippen LogP contribution in [0.15, 0.2) is 49.2 Å². The predicted molar refractivity (Wildman–Crippen MR) is 113 cm³/mol. The maximum atomic E-state index is 12.2. The first-order valence-corrected chi connectivity index (χ1v) is 9.03. The summed E-state index contributed by atoms with van der Waals surface area (Å²) in [6.07, 6.45) is 5.19. The zero-order valence-electron chi connectivity index (χ0n) is 16.2. The fraction of sp³-hybridized carbons (Fsp3) is 0.100. The summed E-state index contributed by atoms with van der Waals surface area (Å²) in [5, 5.41) is 9.61. The summed E-state index contributed by atoms with van der Waals surface area (Å²) in [4.78, 5) is 24.2. The fourth-order valence-corrected chi connectivity index (χ4v) is 3.11. The Bertz CT molecular complexity index is 1200.